The van der Waals surface area contributed by atoms with Gasteiger partial charge in [-0.15, -0.1) is 0 Å². The second-order valence-electron chi connectivity index (χ2n) is 5.61. The van der Waals surface area contributed by atoms with E-state index in [-0.39, 0.29) is 0 Å². The van der Waals surface area contributed by atoms with Crippen molar-refractivity contribution in [1.82, 2.24) is 5.43 Å². The smallest absolute Gasteiger partial charge is 0.182 e. The van der Waals surface area contributed by atoms with Crippen LogP contribution in [-0.4, -0.2) is 23.7 Å². The summed E-state index contributed by atoms with van der Waals surface area (Å²) in [5.74, 6) is 1.53. The number of hydrogen-bond acceptors (Lipinski definition) is 4. The molecule has 1 aliphatic heterocycles. The molecule has 5 heteroatoms. The van der Waals surface area contributed by atoms with Gasteiger partial charge in [-0.2, -0.15) is 5.10 Å². The first-order valence-corrected chi connectivity index (χ1v) is 8.98. The van der Waals surface area contributed by atoms with Crippen LogP contribution in [-0.2, 0) is 0 Å². The molecule has 0 atom stereocenters. The van der Waals surface area contributed by atoms with Crippen molar-refractivity contribution in [2.75, 3.05) is 12.9 Å². The van der Waals surface area contributed by atoms with Gasteiger partial charge < -0.3 is 4.74 Å². The molecule has 0 aromatic heterocycles. The van der Waals surface area contributed by atoms with Crippen molar-refractivity contribution in [1.29, 1.82) is 0 Å². The molecule has 3 aromatic carbocycles. The highest BCUT2D eigenvalue weighted by atomic mass is 32.2. The SMILES string of the molecule is COc1ccccc1N=C1NN=C(c2ccc3ccccc3c2)CS1. The van der Waals surface area contributed by atoms with Gasteiger partial charge in [0.2, 0.25) is 0 Å². The lowest BCUT2D eigenvalue weighted by Crippen LogP contribution is -2.25. The van der Waals surface area contributed by atoms with Gasteiger partial charge in [-0.05, 0) is 34.5 Å². The van der Waals surface area contributed by atoms with E-state index in [1.54, 1.807) is 18.9 Å². The maximum atomic E-state index is 5.34. The highest BCUT2D eigenvalue weighted by Crippen LogP contribution is 2.28. The molecule has 0 radical (unpaired) electrons. The zero-order valence-corrected chi connectivity index (χ0v) is 14.6. The van der Waals surface area contributed by atoms with Gasteiger partial charge in [0.25, 0.3) is 0 Å². The zero-order chi connectivity index (χ0) is 17.1. The van der Waals surface area contributed by atoms with E-state index in [0.29, 0.717) is 0 Å². The van der Waals surface area contributed by atoms with Crippen LogP contribution in [0.1, 0.15) is 5.56 Å². The summed E-state index contributed by atoms with van der Waals surface area (Å²) < 4.78 is 5.34. The molecule has 0 saturated carbocycles. The van der Waals surface area contributed by atoms with Crippen LogP contribution in [0.2, 0.25) is 0 Å². The van der Waals surface area contributed by atoms with Crippen LogP contribution in [0.25, 0.3) is 10.8 Å². The predicted molar refractivity (Wildman–Crippen MR) is 106 cm³/mol. The third kappa shape index (κ3) is 3.37. The maximum absolute atomic E-state index is 5.34. The number of rotatable bonds is 3. The van der Waals surface area contributed by atoms with E-state index in [9.17, 15) is 0 Å². The number of ether oxygens (including phenoxy) is 1. The van der Waals surface area contributed by atoms with Gasteiger partial charge in [-0.3, -0.25) is 5.43 Å². The Morgan fingerprint density at radius 3 is 2.60 bits per heavy atom. The summed E-state index contributed by atoms with van der Waals surface area (Å²) in [6.07, 6.45) is 0. The van der Waals surface area contributed by atoms with Crippen LogP contribution in [0.15, 0.2) is 76.8 Å². The second kappa shape index (κ2) is 6.99. The molecule has 4 nitrogen and oxygen atoms in total. The average Bonchev–Trinajstić information content (AvgIpc) is 2.68. The average molecular weight is 347 g/mol. The predicted octanol–water partition coefficient (Wildman–Crippen LogP) is 4.58. The maximum Gasteiger partial charge on any atom is 0.182 e. The highest BCUT2D eigenvalue weighted by molar-refractivity contribution is 8.14. The van der Waals surface area contributed by atoms with Crippen molar-refractivity contribution in [2.24, 2.45) is 10.1 Å². The summed E-state index contributed by atoms with van der Waals surface area (Å²) in [5.41, 5.74) is 6.01. The minimum Gasteiger partial charge on any atom is -0.494 e. The molecule has 4 rings (SSSR count). The number of aliphatic imine (C=N–C) groups is 1. The van der Waals surface area contributed by atoms with E-state index in [4.69, 9.17) is 4.74 Å². The summed E-state index contributed by atoms with van der Waals surface area (Å²) >= 11 is 1.64. The summed E-state index contributed by atoms with van der Waals surface area (Å²) in [7, 11) is 1.65. The zero-order valence-electron chi connectivity index (χ0n) is 13.8. The fourth-order valence-electron chi connectivity index (χ4n) is 2.72. The Morgan fingerprint density at radius 1 is 1.00 bits per heavy atom. The molecular weight excluding hydrogens is 330 g/mol. The summed E-state index contributed by atoms with van der Waals surface area (Å²) in [5, 5.41) is 7.75. The largest absolute Gasteiger partial charge is 0.494 e. The summed E-state index contributed by atoms with van der Waals surface area (Å²) in [6.45, 7) is 0. The first-order valence-electron chi connectivity index (χ1n) is 8.00. The van der Waals surface area contributed by atoms with Gasteiger partial charge in [-0.25, -0.2) is 4.99 Å². The molecule has 1 heterocycles. The number of fused-ring (bicyclic) bond motifs is 1. The van der Waals surface area contributed by atoms with Crippen molar-refractivity contribution in [3.05, 3.63) is 72.3 Å². The molecule has 0 unspecified atom stereocenters. The number of hydrogen-bond donors (Lipinski definition) is 1. The Morgan fingerprint density at radius 2 is 1.80 bits per heavy atom. The van der Waals surface area contributed by atoms with E-state index in [1.165, 1.54) is 10.8 Å². The van der Waals surface area contributed by atoms with Crippen LogP contribution in [0.4, 0.5) is 5.69 Å². The Balaban J connectivity index is 1.58. The first kappa shape index (κ1) is 15.7. The minimum absolute atomic E-state index is 0.752. The lowest BCUT2D eigenvalue weighted by molar-refractivity contribution is 0.416. The molecule has 0 amide bonds. The summed E-state index contributed by atoms with van der Waals surface area (Å²) in [6, 6.07) is 22.5. The van der Waals surface area contributed by atoms with E-state index in [1.807, 2.05) is 24.3 Å². The normalized spacial score (nSPS) is 15.7. The number of amidine groups is 1. The van der Waals surface area contributed by atoms with E-state index in [2.05, 4.69) is 58.0 Å². The van der Waals surface area contributed by atoms with Crippen molar-refractivity contribution >= 4 is 39.1 Å². The van der Waals surface area contributed by atoms with Crippen molar-refractivity contribution < 1.29 is 4.74 Å². The highest BCUT2D eigenvalue weighted by Gasteiger charge is 2.14. The van der Waals surface area contributed by atoms with E-state index >= 15 is 0 Å². The molecule has 0 saturated heterocycles. The van der Waals surface area contributed by atoms with Crippen molar-refractivity contribution in [2.45, 2.75) is 0 Å². The Labute approximate surface area is 150 Å². The number of methoxy groups -OCH3 is 1. The molecule has 0 aliphatic carbocycles. The fraction of sp³-hybridized carbons (Fsp3) is 0.100. The number of thioether (sulfide) groups is 1. The molecule has 1 N–H and O–H groups in total. The lowest BCUT2D eigenvalue weighted by atomic mass is 10.0. The summed E-state index contributed by atoms with van der Waals surface area (Å²) in [4.78, 5) is 4.60. The number of nitrogens with one attached hydrogen (secondary N) is 1. The first-order chi connectivity index (χ1) is 12.3. The Kier molecular flexibility index (Phi) is 4.39. The van der Waals surface area contributed by atoms with E-state index < -0.39 is 0 Å². The molecule has 0 spiro atoms. The quantitative estimate of drug-likeness (QED) is 0.754. The Bertz CT molecular complexity index is 981. The number of para-hydroxylation sites is 2. The van der Waals surface area contributed by atoms with Crippen LogP contribution >= 0.6 is 11.8 Å². The van der Waals surface area contributed by atoms with Gasteiger partial charge in [0.1, 0.15) is 11.4 Å². The number of hydrazone groups is 1. The number of benzene rings is 3. The van der Waals surface area contributed by atoms with Crippen LogP contribution in [0.3, 0.4) is 0 Å². The van der Waals surface area contributed by atoms with Crippen LogP contribution in [0, 0.1) is 0 Å². The molecule has 0 fully saturated rings. The third-order valence-electron chi connectivity index (χ3n) is 4.02. The van der Waals surface area contributed by atoms with Gasteiger partial charge in [0.15, 0.2) is 5.17 Å². The lowest BCUT2D eigenvalue weighted by Gasteiger charge is -2.15. The minimum atomic E-state index is 0.752. The molecule has 124 valence electrons. The number of nitrogens with zero attached hydrogens (tertiary/aromatic N) is 2. The van der Waals surface area contributed by atoms with Crippen LogP contribution < -0.4 is 10.2 Å². The molecule has 25 heavy (non-hydrogen) atoms. The van der Waals surface area contributed by atoms with Gasteiger partial charge in [-0.1, -0.05) is 60.3 Å². The Hall–Kier alpha value is -2.79. The van der Waals surface area contributed by atoms with Gasteiger partial charge in [0, 0.05) is 5.75 Å². The van der Waals surface area contributed by atoms with Crippen molar-refractivity contribution in [3.8, 4) is 5.75 Å². The fourth-order valence-corrected chi connectivity index (χ4v) is 3.50. The van der Waals surface area contributed by atoms with Gasteiger partial charge in [0.05, 0.1) is 12.8 Å². The topological polar surface area (TPSA) is 46.0 Å². The van der Waals surface area contributed by atoms with Crippen LogP contribution in [0.5, 0.6) is 5.75 Å². The van der Waals surface area contributed by atoms with Crippen molar-refractivity contribution in [3.63, 3.8) is 0 Å². The standard InChI is InChI=1S/C20H17N3OS/c1-24-19-9-5-4-8-17(19)21-20-23-22-18(13-25-20)16-11-10-14-6-2-3-7-15(14)12-16/h2-12H,13H2,1H3,(H,21,23). The second-order valence-corrected chi connectivity index (χ2v) is 6.57. The molecule has 0 bridgehead atoms. The van der Waals surface area contributed by atoms with Gasteiger partial charge >= 0.3 is 0 Å². The third-order valence-corrected chi connectivity index (χ3v) is 4.90. The molecular formula is C20H17N3OS. The monoisotopic (exact) mass is 347 g/mol. The van der Waals surface area contributed by atoms with E-state index in [0.717, 1.165) is 33.6 Å². The molecule has 1 aliphatic rings. The molecule has 3 aromatic rings.